The number of rotatable bonds is 9. The van der Waals surface area contributed by atoms with Crippen LogP contribution in [0.1, 0.15) is 23.7 Å². The Kier molecular flexibility index (Phi) is 7.76. The minimum Gasteiger partial charge on any atom is -0.478 e. The Labute approximate surface area is 157 Å². The van der Waals surface area contributed by atoms with Crippen LogP contribution in [0, 0.1) is 5.82 Å². The number of halogens is 1. The lowest BCUT2D eigenvalue weighted by atomic mass is 10.1. The van der Waals surface area contributed by atoms with E-state index in [1.54, 1.807) is 50.4 Å². The van der Waals surface area contributed by atoms with Gasteiger partial charge in [0.15, 0.2) is 17.7 Å². The van der Waals surface area contributed by atoms with Crippen molar-refractivity contribution in [2.75, 3.05) is 25.6 Å². The molecule has 6 nitrogen and oxygen atoms in total. The van der Waals surface area contributed by atoms with Crippen molar-refractivity contribution < 1.29 is 23.5 Å². The molecule has 27 heavy (non-hydrogen) atoms. The Hall–Kier alpha value is -2.93. The van der Waals surface area contributed by atoms with Crippen LogP contribution in [-0.4, -0.2) is 38.2 Å². The van der Waals surface area contributed by atoms with Gasteiger partial charge in [0.2, 0.25) is 0 Å². The van der Waals surface area contributed by atoms with E-state index in [-0.39, 0.29) is 11.7 Å². The highest BCUT2D eigenvalue weighted by Gasteiger charge is 2.22. The average Bonchev–Trinajstić information content (AvgIpc) is 2.67. The summed E-state index contributed by atoms with van der Waals surface area (Å²) in [6.07, 6.45) is -0.561. The highest BCUT2D eigenvalue weighted by molar-refractivity contribution is 6.04. The van der Waals surface area contributed by atoms with Crippen LogP contribution in [-0.2, 0) is 9.53 Å². The molecule has 0 radical (unpaired) electrons. The van der Waals surface area contributed by atoms with Crippen molar-refractivity contribution in [2.24, 2.45) is 0 Å². The van der Waals surface area contributed by atoms with Gasteiger partial charge >= 0.3 is 0 Å². The average molecular weight is 374 g/mol. The van der Waals surface area contributed by atoms with E-state index < -0.39 is 17.8 Å². The van der Waals surface area contributed by atoms with Gasteiger partial charge in [-0.1, -0.05) is 31.2 Å². The van der Waals surface area contributed by atoms with Gasteiger partial charge in [0.05, 0.1) is 17.9 Å². The van der Waals surface area contributed by atoms with E-state index >= 15 is 0 Å². The Morgan fingerprint density at radius 2 is 1.81 bits per heavy atom. The fourth-order valence-corrected chi connectivity index (χ4v) is 2.38. The van der Waals surface area contributed by atoms with Gasteiger partial charge in [-0.05, 0) is 30.7 Å². The highest BCUT2D eigenvalue weighted by atomic mass is 19.1. The summed E-state index contributed by atoms with van der Waals surface area (Å²) in [6, 6.07) is 12.5. The molecule has 2 aromatic rings. The molecule has 7 heteroatoms. The zero-order chi connectivity index (χ0) is 19.6. The van der Waals surface area contributed by atoms with Crippen LogP contribution >= 0.6 is 0 Å². The molecule has 0 aliphatic rings. The van der Waals surface area contributed by atoms with E-state index in [2.05, 4.69) is 10.6 Å². The van der Waals surface area contributed by atoms with Gasteiger partial charge in [-0.15, -0.1) is 0 Å². The van der Waals surface area contributed by atoms with Gasteiger partial charge in [0, 0.05) is 13.7 Å². The number of hydrogen-bond acceptors (Lipinski definition) is 4. The van der Waals surface area contributed by atoms with Crippen molar-refractivity contribution in [3.8, 4) is 5.75 Å². The molecule has 1 unspecified atom stereocenters. The van der Waals surface area contributed by atoms with Crippen LogP contribution in [0.15, 0.2) is 48.5 Å². The Bertz CT molecular complexity index is 782. The van der Waals surface area contributed by atoms with Gasteiger partial charge in [0.1, 0.15) is 0 Å². The second kappa shape index (κ2) is 10.3. The van der Waals surface area contributed by atoms with Crippen LogP contribution < -0.4 is 15.4 Å². The second-order valence-electron chi connectivity index (χ2n) is 5.73. The monoisotopic (exact) mass is 374 g/mol. The minimum atomic E-state index is -0.897. The first-order valence-electron chi connectivity index (χ1n) is 8.65. The minimum absolute atomic E-state index is 0.00472. The maximum Gasteiger partial charge on any atom is 0.265 e. The number of methoxy groups -OCH3 is 1. The molecule has 0 saturated heterocycles. The van der Waals surface area contributed by atoms with Crippen molar-refractivity contribution in [2.45, 2.75) is 19.4 Å². The summed E-state index contributed by atoms with van der Waals surface area (Å²) in [5.41, 5.74) is 0.677. The standard InChI is InChI=1S/C20H23FN2O4/c1-3-17(27-18-11-7-5-9-15(18)21)20(25)23-16-10-6-4-8-14(16)19(24)22-12-13-26-2/h4-11,17H,3,12-13H2,1-2H3,(H,22,24)(H,23,25). The topological polar surface area (TPSA) is 76.7 Å². The quantitative estimate of drug-likeness (QED) is 0.662. The molecule has 0 heterocycles. The molecule has 0 aliphatic carbocycles. The molecule has 1 atom stereocenters. The summed E-state index contributed by atoms with van der Waals surface area (Å²) in [5.74, 6) is -1.32. The maximum absolute atomic E-state index is 13.8. The van der Waals surface area contributed by atoms with E-state index in [9.17, 15) is 14.0 Å². The van der Waals surface area contributed by atoms with E-state index in [4.69, 9.17) is 9.47 Å². The molecule has 0 spiro atoms. The first-order valence-corrected chi connectivity index (χ1v) is 8.65. The zero-order valence-corrected chi connectivity index (χ0v) is 15.3. The van der Waals surface area contributed by atoms with E-state index in [0.29, 0.717) is 30.8 Å². The van der Waals surface area contributed by atoms with E-state index in [1.165, 1.54) is 12.1 Å². The van der Waals surface area contributed by atoms with Gasteiger partial charge in [-0.3, -0.25) is 9.59 Å². The molecule has 2 N–H and O–H groups in total. The van der Waals surface area contributed by atoms with E-state index in [1.807, 2.05) is 0 Å². The van der Waals surface area contributed by atoms with Crippen molar-refractivity contribution in [3.05, 3.63) is 59.9 Å². The van der Waals surface area contributed by atoms with Crippen LogP contribution in [0.5, 0.6) is 5.75 Å². The number of nitrogens with one attached hydrogen (secondary N) is 2. The summed E-state index contributed by atoms with van der Waals surface area (Å²) >= 11 is 0. The summed E-state index contributed by atoms with van der Waals surface area (Å²) < 4.78 is 24.2. The molecule has 144 valence electrons. The van der Waals surface area contributed by atoms with Gasteiger partial charge < -0.3 is 20.1 Å². The first kappa shape index (κ1) is 20.4. The van der Waals surface area contributed by atoms with Crippen LogP contribution in [0.3, 0.4) is 0 Å². The van der Waals surface area contributed by atoms with Crippen LogP contribution in [0.25, 0.3) is 0 Å². The molecule has 0 aliphatic heterocycles. The molecule has 2 amide bonds. The molecule has 2 rings (SSSR count). The number of benzene rings is 2. The number of hydrogen-bond donors (Lipinski definition) is 2. The van der Waals surface area contributed by atoms with Crippen molar-refractivity contribution >= 4 is 17.5 Å². The van der Waals surface area contributed by atoms with Gasteiger partial charge in [-0.2, -0.15) is 0 Å². The van der Waals surface area contributed by atoms with E-state index in [0.717, 1.165) is 0 Å². The number of amides is 2. The number of anilines is 1. The molecule has 2 aromatic carbocycles. The summed E-state index contributed by atoms with van der Waals surface area (Å²) in [5, 5.41) is 5.40. The lowest BCUT2D eigenvalue weighted by Crippen LogP contribution is -2.34. The molecule has 0 saturated carbocycles. The third-order valence-electron chi connectivity index (χ3n) is 3.79. The van der Waals surface area contributed by atoms with Gasteiger partial charge in [-0.25, -0.2) is 4.39 Å². The number of carbonyl (C=O) groups is 2. The Morgan fingerprint density at radius 3 is 2.52 bits per heavy atom. The largest absolute Gasteiger partial charge is 0.478 e. The molecule has 0 aromatic heterocycles. The number of para-hydroxylation sites is 2. The van der Waals surface area contributed by atoms with Crippen molar-refractivity contribution in [1.82, 2.24) is 5.32 Å². The SMILES string of the molecule is CCC(Oc1ccccc1F)C(=O)Nc1ccccc1C(=O)NCCOC. The van der Waals surface area contributed by atoms with Gasteiger partial charge in [0.25, 0.3) is 11.8 Å². The van der Waals surface area contributed by atoms with Crippen molar-refractivity contribution in [1.29, 1.82) is 0 Å². The maximum atomic E-state index is 13.8. The number of ether oxygens (including phenoxy) is 2. The Morgan fingerprint density at radius 1 is 1.11 bits per heavy atom. The first-order chi connectivity index (χ1) is 13.1. The summed E-state index contributed by atoms with van der Waals surface area (Å²) in [7, 11) is 1.54. The smallest absolute Gasteiger partial charge is 0.265 e. The lowest BCUT2D eigenvalue weighted by Gasteiger charge is -2.18. The highest BCUT2D eigenvalue weighted by Crippen LogP contribution is 2.20. The second-order valence-corrected chi connectivity index (χ2v) is 5.73. The fourth-order valence-electron chi connectivity index (χ4n) is 2.38. The fraction of sp³-hybridized carbons (Fsp3) is 0.300. The van der Waals surface area contributed by atoms with Crippen molar-refractivity contribution in [3.63, 3.8) is 0 Å². The predicted molar refractivity (Wildman–Crippen MR) is 100 cm³/mol. The summed E-state index contributed by atoms with van der Waals surface area (Å²) in [4.78, 5) is 24.9. The molecule has 0 fully saturated rings. The zero-order valence-electron chi connectivity index (χ0n) is 15.3. The summed E-state index contributed by atoms with van der Waals surface area (Å²) in [6.45, 7) is 2.49. The third-order valence-corrected chi connectivity index (χ3v) is 3.79. The predicted octanol–water partition coefficient (Wildman–Crippen LogP) is 3.00. The number of carbonyl (C=O) groups excluding carboxylic acids is 2. The van der Waals surface area contributed by atoms with Crippen LogP contribution in [0.2, 0.25) is 0 Å². The lowest BCUT2D eigenvalue weighted by molar-refractivity contribution is -0.122. The molecular formula is C20H23FN2O4. The molecule has 0 bridgehead atoms. The normalized spacial score (nSPS) is 11.5. The van der Waals surface area contributed by atoms with Crippen LogP contribution in [0.4, 0.5) is 10.1 Å². The third kappa shape index (κ3) is 5.79. The molecular weight excluding hydrogens is 351 g/mol. The Balaban J connectivity index is 2.09.